The molecule has 23 heavy (non-hydrogen) atoms. The van der Waals surface area contributed by atoms with Crippen LogP contribution in [0, 0.1) is 22.7 Å². The van der Waals surface area contributed by atoms with E-state index in [-0.39, 0.29) is 16.8 Å². The van der Waals surface area contributed by atoms with Gasteiger partial charge in [-0.2, -0.15) is 0 Å². The average molecular weight is 314 g/mol. The van der Waals surface area contributed by atoms with E-state index in [1.54, 1.807) is 6.26 Å². The van der Waals surface area contributed by atoms with E-state index < -0.39 is 0 Å². The highest BCUT2D eigenvalue weighted by atomic mass is 16.5. The zero-order chi connectivity index (χ0) is 16.1. The first-order chi connectivity index (χ1) is 11.1. The van der Waals surface area contributed by atoms with Gasteiger partial charge < -0.3 is 9.15 Å². The minimum Gasteiger partial charge on any atom is -0.472 e. The summed E-state index contributed by atoms with van der Waals surface area (Å²) in [5.74, 6) is 1.18. The number of rotatable bonds is 3. The van der Waals surface area contributed by atoms with E-state index in [1.165, 1.54) is 18.4 Å². The number of carbonyl (C=O) groups is 1. The van der Waals surface area contributed by atoms with E-state index in [4.69, 9.17) is 9.15 Å². The molecule has 0 aromatic carbocycles. The van der Waals surface area contributed by atoms with Gasteiger partial charge in [0.15, 0.2) is 0 Å². The number of cyclic esters (lactones) is 1. The molecule has 1 unspecified atom stereocenters. The molecule has 0 bridgehead atoms. The molecule has 1 aromatic heterocycles. The summed E-state index contributed by atoms with van der Waals surface area (Å²) in [6.07, 6.45) is 12.5. The Hall–Kier alpha value is -1.51. The van der Waals surface area contributed by atoms with Gasteiger partial charge in [0.05, 0.1) is 12.5 Å². The molecule has 1 saturated heterocycles. The minimum atomic E-state index is -0.0542. The molecule has 124 valence electrons. The standard InChI is InChI=1S/C20H26O3/c1-14-6-10-20-13-23-18(21)16(20)4-3-5-17(20)19(14,2)9-7-15-8-11-22-12-15/h4,8,11-12,14,17H,3,5-7,9-10,13H2,1-2H3/t14-,17?,19+,20+/m1/s1. The van der Waals surface area contributed by atoms with Gasteiger partial charge in [0.25, 0.3) is 0 Å². The van der Waals surface area contributed by atoms with Gasteiger partial charge in [-0.15, -0.1) is 0 Å². The van der Waals surface area contributed by atoms with Crippen molar-refractivity contribution in [1.29, 1.82) is 0 Å². The number of esters is 1. The van der Waals surface area contributed by atoms with Crippen LogP contribution in [0.3, 0.4) is 0 Å². The number of aryl methyl sites for hydroxylation is 1. The van der Waals surface area contributed by atoms with Gasteiger partial charge in [-0.1, -0.05) is 19.9 Å². The molecule has 3 aliphatic rings. The Morgan fingerprint density at radius 1 is 1.35 bits per heavy atom. The van der Waals surface area contributed by atoms with Gasteiger partial charge in [-0.05, 0) is 67.4 Å². The van der Waals surface area contributed by atoms with Crippen LogP contribution in [-0.4, -0.2) is 12.6 Å². The average Bonchev–Trinajstić information content (AvgIpc) is 3.18. The molecule has 1 aromatic rings. The minimum absolute atomic E-state index is 0.00695. The normalized spacial score (nSPS) is 39.4. The molecule has 4 atom stereocenters. The van der Waals surface area contributed by atoms with E-state index in [9.17, 15) is 4.79 Å². The summed E-state index contributed by atoms with van der Waals surface area (Å²) in [7, 11) is 0. The van der Waals surface area contributed by atoms with Crippen LogP contribution >= 0.6 is 0 Å². The van der Waals surface area contributed by atoms with Crippen molar-refractivity contribution in [1.82, 2.24) is 0 Å². The summed E-state index contributed by atoms with van der Waals surface area (Å²) in [4.78, 5) is 12.2. The van der Waals surface area contributed by atoms with Crippen molar-refractivity contribution in [3.05, 3.63) is 35.8 Å². The molecular weight excluding hydrogens is 288 g/mol. The number of allylic oxidation sites excluding steroid dienone is 1. The lowest BCUT2D eigenvalue weighted by molar-refractivity contribution is -0.135. The summed E-state index contributed by atoms with van der Waals surface area (Å²) in [5.41, 5.74) is 2.52. The van der Waals surface area contributed by atoms with E-state index in [2.05, 4.69) is 26.0 Å². The monoisotopic (exact) mass is 314 g/mol. The van der Waals surface area contributed by atoms with Gasteiger partial charge in [-0.3, -0.25) is 0 Å². The number of hydrogen-bond donors (Lipinski definition) is 0. The van der Waals surface area contributed by atoms with Crippen LogP contribution in [0.4, 0.5) is 0 Å². The molecule has 4 rings (SSSR count). The van der Waals surface area contributed by atoms with Crippen molar-refractivity contribution in [2.24, 2.45) is 22.7 Å². The molecule has 2 aliphatic carbocycles. The number of carbonyl (C=O) groups excluding carboxylic acids is 1. The lowest BCUT2D eigenvalue weighted by Crippen LogP contribution is -2.51. The topological polar surface area (TPSA) is 39.4 Å². The van der Waals surface area contributed by atoms with Crippen LogP contribution in [0.1, 0.15) is 51.5 Å². The fraction of sp³-hybridized carbons (Fsp3) is 0.650. The van der Waals surface area contributed by atoms with Gasteiger partial charge in [0.2, 0.25) is 0 Å². The molecule has 0 amide bonds. The number of ether oxygens (including phenoxy) is 1. The van der Waals surface area contributed by atoms with Crippen LogP contribution in [0.2, 0.25) is 0 Å². The van der Waals surface area contributed by atoms with E-state index in [0.717, 1.165) is 31.3 Å². The summed E-state index contributed by atoms with van der Waals surface area (Å²) >= 11 is 0. The van der Waals surface area contributed by atoms with Crippen LogP contribution in [0.5, 0.6) is 0 Å². The van der Waals surface area contributed by atoms with Crippen molar-refractivity contribution in [3.8, 4) is 0 Å². The Balaban J connectivity index is 1.65. The fourth-order valence-corrected chi connectivity index (χ4v) is 5.56. The van der Waals surface area contributed by atoms with Gasteiger partial charge in [0, 0.05) is 11.0 Å². The number of furan rings is 1. The molecule has 2 heterocycles. The maximum atomic E-state index is 12.2. The van der Waals surface area contributed by atoms with Crippen molar-refractivity contribution in [3.63, 3.8) is 0 Å². The molecule has 1 saturated carbocycles. The first kappa shape index (κ1) is 15.0. The van der Waals surface area contributed by atoms with Crippen LogP contribution in [0.15, 0.2) is 34.7 Å². The van der Waals surface area contributed by atoms with Crippen molar-refractivity contribution >= 4 is 5.97 Å². The zero-order valence-electron chi connectivity index (χ0n) is 14.1. The Labute approximate surface area is 138 Å². The third-order valence-corrected chi connectivity index (χ3v) is 7.17. The molecule has 3 heteroatoms. The third-order valence-electron chi connectivity index (χ3n) is 7.17. The van der Waals surface area contributed by atoms with Crippen LogP contribution in [0.25, 0.3) is 0 Å². The molecule has 1 spiro atoms. The quantitative estimate of drug-likeness (QED) is 0.770. The predicted octanol–water partition coefficient (Wildman–Crippen LogP) is 4.53. The molecular formula is C20H26O3. The van der Waals surface area contributed by atoms with Crippen molar-refractivity contribution in [2.45, 2.75) is 52.4 Å². The highest BCUT2D eigenvalue weighted by molar-refractivity contribution is 5.92. The lowest BCUT2D eigenvalue weighted by atomic mass is 9.47. The third kappa shape index (κ3) is 2.12. The Morgan fingerprint density at radius 2 is 2.22 bits per heavy atom. The molecule has 2 fully saturated rings. The molecule has 3 nitrogen and oxygen atoms in total. The van der Waals surface area contributed by atoms with E-state index in [1.807, 2.05) is 6.26 Å². The molecule has 1 aliphatic heterocycles. The maximum Gasteiger partial charge on any atom is 0.334 e. The van der Waals surface area contributed by atoms with Crippen molar-refractivity contribution in [2.75, 3.05) is 6.61 Å². The van der Waals surface area contributed by atoms with Gasteiger partial charge >= 0.3 is 5.97 Å². The zero-order valence-corrected chi connectivity index (χ0v) is 14.1. The van der Waals surface area contributed by atoms with Crippen LogP contribution < -0.4 is 0 Å². The largest absolute Gasteiger partial charge is 0.472 e. The van der Waals surface area contributed by atoms with Gasteiger partial charge in [-0.25, -0.2) is 4.79 Å². The second-order valence-electron chi connectivity index (χ2n) is 8.06. The Kier molecular flexibility index (Phi) is 3.44. The van der Waals surface area contributed by atoms with Crippen molar-refractivity contribution < 1.29 is 13.9 Å². The second kappa shape index (κ2) is 5.25. The summed E-state index contributed by atoms with van der Waals surface area (Å²) in [6, 6.07) is 2.07. The Bertz CT molecular complexity index is 629. The highest BCUT2D eigenvalue weighted by Gasteiger charge is 2.60. The lowest BCUT2D eigenvalue weighted by Gasteiger charge is -2.56. The fourth-order valence-electron chi connectivity index (χ4n) is 5.56. The SMILES string of the molecule is C[C@@H]1CC[C@]23COC(=O)C2=CCCC3[C@@]1(C)CCc1ccoc1. The van der Waals surface area contributed by atoms with E-state index in [0.29, 0.717) is 18.4 Å². The number of hydrogen-bond acceptors (Lipinski definition) is 3. The van der Waals surface area contributed by atoms with Gasteiger partial charge in [0.1, 0.15) is 6.61 Å². The van der Waals surface area contributed by atoms with Crippen LogP contribution in [-0.2, 0) is 16.0 Å². The highest BCUT2D eigenvalue weighted by Crippen LogP contribution is 2.63. The molecule has 0 N–H and O–H groups in total. The molecule has 0 radical (unpaired) electrons. The maximum absolute atomic E-state index is 12.2. The summed E-state index contributed by atoms with van der Waals surface area (Å²) < 4.78 is 10.7. The second-order valence-corrected chi connectivity index (χ2v) is 8.06. The summed E-state index contributed by atoms with van der Waals surface area (Å²) in [6.45, 7) is 5.46. The Morgan fingerprint density at radius 3 is 3.00 bits per heavy atom. The first-order valence-electron chi connectivity index (χ1n) is 8.95. The van der Waals surface area contributed by atoms with E-state index >= 15 is 0 Å². The summed E-state index contributed by atoms with van der Waals surface area (Å²) in [5, 5.41) is 0. The predicted molar refractivity (Wildman–Crippen MR) is 87.7 cm³/mol. The first-order valence-corrected chi connectivity index (χ1v) is 8.95. The smallest absolute Gasteiger partial charge is 0.334 e.